The van der Waals surface area contributed by atoms with Crippen molar-refractivity contribution in [1.82, 2.24) is 15.0 Å². The highest BCUT2D eigenvalue weighted by atomic mass is 79.9. The molecule has 2 aromatic heterocycles. The molecule has 2 rings (SSSR count). The van der Waals surface area contributed by atoms with Crippen molar-refractivity contribution in [2.75, 3.05) is 0 Å². The maximum Gasteiger partial charge on any atom is 0.142 e. The summed E-state index contributed by atoms with van der Waals surface area (Å²) in [6.07, 6.45) is 2.86. The number of hydrogen-bond donors (Lipinski definition) is 1. The molecule has 0 aromatic carbocycles. The van der Waals surface area contributed by atoms with Gasteiger partial charge in [0.25, 0.3) is 0 Å². The van der Waals surface area contributed by atoms with E-state index in [-0.39, 0.29) is 0 Å². The van der Waals surface area contributed by atoms with Crippen LogP contribution in [0.5, 0.6) is 0 Å². The second-order valence-corrected chi connectivity index (χ2v) is 5.99. The number of fused-ring (bicyclic) bond motifs is 1. The van der Waals surface area contributed by atoms with Crippen molar-refractivity contribution in [2.24, 2.45) is 5.92 Å². The van der Waals surface area contributed by atoms with E-state index in [2.05, 4.69) is 53.6 Å². The minimum atomic E-state index is 0.401. The highest BCUT2D eigenvalue weighted by Gasteiger charge is 2.15. The van der Waals surface area contributed by atoms with E-state index in [4.69, 9.17) is 4.98 Å². The van der Waals surface area contributed by atoms with Crippen molar-refractivity contribution in [1.29, 1.82) is 0 Å². The third kappa shape index (κ3) is 2.51. The number of aromatic nitrogens is 3. The summed E-state index contributed by atoms with van der Waals surface area (Å²) < 4.78 is 1.05. The van der Waals surface area contributed by atoms with Gasteiger partial charge in [0.05, 0.1) is 11.1 Å². The summed E-state index contributed by atoms with van der Waals surface area (Å²) in [5.41, 5.74) is 2.06. The minimum Gasteiger partial charge on any atom is -0.345 e. The molecule has 0 aliphatic carbocycles. The SMILES string of the molecule is CC(C)Cc1nc(C(C)C)c2c(Br)c[nH]c2n1. The zero-order valence-electron chi connectivity index (χ0n) is 10.7. The number of hydrogen-bond acceptors (Lipinski definition) is 2. The first-order valence-corrected chi connectivity index (χ1v) is 6.81. The van der Waals surface area contributed by atoms with E-state index in [9.17, 15) is 0 Å². The van der Waals surface area contributed by atoms with E-state index < -0.39 is 0 Å². The highest BCUT2D eigenvalue weighted by molar-refractivity contribution is 9.10. The Labute approximate surface area is 110 Å². The van der Waals surface area contributed by atoms with Gasteiger partial charge in [0.1, 0.15) is 11.5 Å². The standard InChI is InChI=1S/C13H18BrN3/c1-7(2)5-10-16-12(8(3)4)11-9(14)6-15-13(11)17-10/h6-8H,5H2,1-4H3,(H,15,16,17). The molecule has 17 heavy (non-hydrogen) atoms. The van der Waals surface area contributed by atoms with Gasteiger partial charge in [-0.25, -0.2) is 9.97 Å². The average Bonchev–Trinajstić information content (AvgIpc) is 2.58. The van der Waals surface area contributed by atoms with Gasteiger partial charge in [-0.1, -0.05) is 27.7 Å². The largest absolute Gasteiger partial charge is 0.345 e. The van der Waals surface area contributed by atoms with Crippen LogP contribution in [0.15, 0.2) is 10.7 Å². The Hall–Kier alpha value is -0.900. The first-order chi connectivity index (χ1) is 7.99. The molecule has 2 heterocycles. The van der Waals surface area contributed by atoms with E-state index in [1.54, 1.807) is 0 Å². The molecule has 0 fully saturated rings. The molecule has 0 spiro atoms. The lowest BCUT2D eigenvalue weighted by Crippen LogP contribution is -2.05. The lowest BCUT2D eigenvalue weighted by molar-refractivity contribution is 0.617. The molecule has 0 aliphatic heterocycles. The van der Waals surface area contributed by atoms with Crippen LogP contribution in [-0.2, 0) is 6.42 Å². The van der Waals surface area contributed by atoms with Crippen molar-refractivity contribution in [3.05, 3.63) is 22.2 Å². The van der Waals surface area contributed by atoms with Crippen LogP contribution in [-0.4, -0.2) is 15.0 Å². The summed E-state index contributed by atoms with van der Waals surface area (Å²) >= 11 is 3.55. The van der Waals surface area contributed by atoms with Crippen LogP contribution in [0.4, 0.5) is 0 Å². The number of rotatable bonds is 3. The Balaban J connectivity index is 2.60. The van der Waals surface area contributed by atoms with Crippen LogP contribution >= 0.6 is 15.9 Å². The zero-order valence-corrected chi connectivity index (χ0v) is 12.3. The van der Waals surface area contributed by atoms with E-state index >= 15 is 0 Å². The Bertz CT molecular complexity index is 529. The summed E-state index contributed by atoms with van der Waals surface area (Å²) in [5.74, 6) is 1.91. The van der Waals surface area contributed by atoms with Crippen LogP contribution in [0.25, 0.3) is 11.0 Å². The summed E-state index contributed by atoms with van der Waals surface area (Å²) in [6.45, 7) is 8.71. The molecule has 4 heteroatoms. The summed E-state index contributed by atoms with van der Waals surface area (Å²) in [5, 5.41) is 1.12. The molecule has 1 N–H and O–H groups in total. The monoisotopic (exact) mass is 295 g/mol. The van der Waals surface area contributed by atoms with Gasteiger partial charge in [-0.3, -0.25) is 0 Å². The molecule has 0 radical (unpaired) electrons. The first-order valence-electron chi connectivity index (χ1n) is 6.02. The maximum absolute atomic E-state index is 4.71. The summed E-state index contributed by atoms with van der Waals surface area (Å²) in [7, 11) is 0. The Morgan fingerprint density at radius 3 is 2.53 bits per heavy atom. The fourth-order valence-corrected chi connectivity index (χ4v) is 2.45. The molecular weight excluding hydrogens is 278 g/mol. The fraction of sp³-hybridized carbons (Fsp3) is 0.538. The molecule has 92 valence electrons. The smallest absolute Gasteiger partial charge is 0.142 e. The number of H-pyrrole nitrogens is 1. The fourth-order valence-electron chi connectivity index (χ4n) is 1.94. The van der Waals surface area contributed by atoms with Gasteiger partial charge < -0.3 is 4.98 Å². The van der Waals surface area contributed by atoms with Crippen LogP contribution in [0.3, 0.4) is 0 Å². The lowest BCUT2D eigenvalue weighted by atomic mass is 10.1. The third-order valence-electron chi connectivity index (χ3n) is 2.70. The van der Waals surface area contributed by atoms with Gasteiger partial charge in [-0.2, -0.15) is 0 Å². The first kappa shape index (κ1) is 12.6. The van der Waals surface area contributed by atoms with Gasteiger partial charge in [-0.15, -0.1) is 0 Å². The van der Waals surface area contributed by atoms with Crippen LogP contribution in [0.2, 0.25) is 0 Å². The van der Waals surface area contributed by atoms with Gasteiger partial charge >= 0.3 is 0 Å². The molecular formula is C13H18BrN3. The van der Waals surface area contributed by atoms with Crippen LogP contribution in [0, 0.1) is 5.92 Å². The molecule has 0 amide bonds. The van der Waals surface area contributed by atoms with Crippen molar-refractivity contribution < 1.29 is 0 Å². The van der Waals surface area contributed by atoms with Crippen LogP contribution < -0.4 is 0 Å². The predicted molar refractivity (Wildman–Crippen MR) is 74.2 cm³/mol. The quantitative estimate of drug-likeness (QED) is 0.928. The molecule has 0 saturated carbocycles. The van der Waals surface area contributed by atoms with E-state index in [0.29, 0.717) is 11.8 Å². The minimum absolute atomic E-state index is 0.401. The number of nitrogens with zero attached hydrogens (tertiary/aromatic N) is 2. The zero-order chi connectivity index (χ0) is 12.6. The van der Waals surface area contributed by atoms with Crippen LogP contribution in [0.1, 0.15) is 45.1 Å². The molecule has 0 atom stereocenters. The van der Waals surface area contributed by atoms with E-state index in [1.807, 2.05) is 6.20 Å². The molecule has 0 unspecified atom stereocenters. The van der Waals surface area contributed by atoms with Gasteiger partial charge in [0, 0.05) is 17.1 Å². The average molecular weight is 296 g/mol. The molecule has 3 nitrogen and oxygen atoms in total. The van der Waals surface area contributed by atoms with Crippen molar-refractivity contribution in [3.8, 4) is 0 Å². The van der Waals surface area contributed by atoms with Crippen molar-refractivity contribution in [3.63, 3.8) is 0 Å². The lowest BCUT2D eigenvalue weighted by Gasteiger charge is -2.10. The normalized spacial score (nSPS) is 11.9. The maximum atomic E-state index is 4.71. The summed E-state index contributed by atoms with van der Waals surface area (Å²) in [4.78, 5) is 12.5. The Morgan fingerprint density at radius 2 is 1.94 bits per heavy atom. The molecule has 0 bridgehead atoms. The van der Waals surface area contributed by atoms with Crippen molar-refractivity contribution >= 4 is 27.0 Å². The van der Waals surface area contributed by atoms with Crippen molar-refractivity contribution in [2.45, 2.75) is 40.0 Å². The van der Waals surface area contributed by atoms with E-state index in [0.717, 1.165) is 33.4 Å². The molecule has 0 saturated heterocycles. The molecule has 2 aromatic rings. The second kappa shape index (κ2) is 4.77. The van der Waals surface area contributed by atoms with Gasteiger partial charge in [-0.05, 0) is 27.8 Å². The number of halogens is 1. The highest BCUT2D eigenvalue weighted by Crippen LogP contribution is 2.29. The Morgan fingerprint density at radius 1 is 1.24 bits per heavy atom. The topological polar surface area (TPSA) is 41.6 Å². The van der Waals surface area contributed by atoms with Gasteiger partial charge in [0.2, 0.25) is 0 Å². The predicted octanol–water partition coefficient (Wildman–Crippen LogP) is 4.04. The molecule has 0 aliphatic rings. The number of aromatic amines is 1. The third-order valence-corrected chi connectivity index (χ3v) is 3.32. The second-order valence-electron chi connectivity index (χ2n) is 5.14. The number of nitrogens with one attached hydrogen (secondary N) is 1. The van der Waals surface area contributed by atoms with E-state index in [1.165, 1.54) is 0 Å². The van der Waals surface area contributed by atoms with Gasteiger partial charge in [0.15, 0.2) is 0 Å². The Kier molecular flexibility index (Phi) is 3.52. The summed E-state index contributed by atoms with van der Waals surface area (Å²) in [6, 6.07) is 0.